The third kappa shape index (κ3) is 4.74. The molecule has 0 radical (unpaired) electrons. The van der Waals surface area contributed by atoms with E-state index in [0.717, 1.165) is 17.4 Å². The molecule has 0 aliphatic heterocycles. The van der Waals surface area contributed by atoms with Gasteiger partial charge in [-0.1, -0.05) is 56.3 Å². The first-order valence-electron chi connectivity index (χ1n) is 9.14. The minimum Gasteiger partial charge on any atom is -0.461 e. The maximum Gasteiger partial charge on any atom is 0.357 e. The molecule has 1 heterocycles. The van der Waals surface area contributed by atoms with Crippen LogP contribution < -0.4 is 4.90 Å². The molecular weight excluding hydrogens is 356 g/mol. The fourth-order valence-electron chi connectivity index (χ4n) is 2.81. The number of rotatable bonds is 7. The van der Waals surface area contributed by atoms with Gasteiger partial charge in [-0.25, -0.2) is 9.78 Å². The summed E-state index contributed by atoms with van der Waals surface area (Å²) >= 11 is 1.46. The van der Waals surface area contributed by atoms with Gasteiger partial charge in [-0.05, 0) is 36.1 Å². The fraction of sp³-hybridized carbons (Fsp3) is 0.273. The van der Waals surface area contributed by atoms with Crippen molar-refractivity contribution in [2.24, 2.45) is 5.92 Å². The van der Waals surface area contributed by atoms with Crippen molar-refractivity contribution in [3.63, 3.8) is 0 Å². The van der Waals surface area contributed by atoms with Gasteiger partial charge < -0.3 is 9.64 Å². The second-order valence-corrected chi connectivity index (χ2v) is 7.49. The van der Waals surface area contributed by atoms with Gasteiger partial charge in [0.15, 0.2) is 10.8 Å². The van der Waals surface area contributed by atoms with Gasteiger partial charge >= 0.3 is 5.97 Å². The predicted octanol–water partition coefficient (Wildman–Crippen LogP) is 5.78. The second kappa shape index (κ2) is 8.82. The highest BCUT2D eigenvalue weighted by molar-refractivity contribution is 7.14. The summed E-state index contributed by atoms with van der Waals surface area (Å²) in [6.45, 7) is 7.31. The molecular formula is C22H24N2O2S. The van der Waals surface area contributed by atoms with Crippen LogP contribution in [0, 0.1) is 5.92 Å². The Morgan fingerprint density at radius 3 is 2.37 bits per heavy atom. The number of ether oxygens (including phenoxy) is 1. The van der Waals surface area contributed by atoms with E-state index in [1.54, 1.807) is 12.3 Å². The molecule has 0 aliphatic rings. The van der Waals surface area contributed by atoms with E-state index in [1.165, 1.54) is 22.5 Å². The number of esters is 1. The van der Waals surface area contributed by atoms with Gasteiger partial charge in [-0.3, -0.25) is 0 Å². The van der Waals surface area contributed by atoms with Gasteiger partial charge in [-0.15, -0.1) is 11.3 Å². The molecule has 2 aromatic carbocycles. The molecule has 0 saturated heterocycles. The van der Waals surface area contributed by atoms with Crippen LogP contribution in [0.5, 0.6) is 0 Å². The molecule has 0 bridgehead atoms. The van der Waals surface area contributed by atoms with Crippen LogP contribution in [0.1, 0.15) is 31.3 Å². The van der Waals surface area contributed by atoms with Gasteiger partial charge in [0.2, 0.25) is 0 Å². The van der Waals surface area contributed by atoms with Crippen LogP contribution in [0.3, 0.4) is 0 Å². The normalized spacial score (nSPS) is 10.8. The van der Waals surface area contributed by atoms with Gasteiger partial charge in [0.05, 0.1) is 6.61 Å². The van der Waals surface area contributed by atoms with Crippen molar-refractivity contribution in [1.29, 1.82) is 0 Å². The van der Waals surface area contributed by atoms with Crippen molar-refractivity contribution in [3.05, 3.63) is 65.7 Å². The van der Waals surface area contributed by atoms with Crippen molar-refractivity contribution in [1.82, 2.24) is 4.98 Å². The average Bonchev–Trinajstić information content (AvgIpc) is 3.17. The molecule has 0 saturated carbocycles. The standard InChI is InChI=1S/C22H24N2O2S/c1-4-26-21(25)20-15-27-22(23-20)24(14-16(2)3)19-12-10-18(11-13-19)17-8-6-5-7-9-17/h5-13,15-16H,4,14H2,1-3H3. The van der Waals surface area contributed by atoms with E-state index in [-0.39, 0.29) is 5.97 Å². The molecule has 5 heteroatoms. The minimum absolute atomic E-state index is 0.350. The lowest BCUT2D eigenvalue weighted by Crippen LogP contribution is -2.22. The Balaban J connectivity index is 1.88. The summed E-state index contributed by atoms with van der Waals surface area (Å²) in [5, 5.41) is 2.57. The van der Waals surface area contributed by atoms with Gasteiger partial charge in [0.1, 0.15) is 0 Å². The van der Waals surface area contributed by atoms with Gasteiger partial charge in [0.25, 0.3) is 0 Å². The number of anilines is 2. The third-order valence-electron chi connectivity index (χ3n) is 4.04. The molecule has 0 fully saturated rings. The highest BCUT2D eigenvalue weighted by atomic mass is 32.1. The summed E-state index contributed by atoms with van der Waals surface area (Å²) in [7, 11) is 0. The molecule has 3 aromatic rings. The van der Waals surface area contributed by atoms with Crippen LogP contribution in [0.4, 0.5) is 10.8 Å². The molecule has 1 aromatic heterocycles. The topological polar surface area (TPSA) is 42.4 Å². The van der Waals surface area contributed by atoms with Crippen LogP contribution in [0.15, 0.2) is 60.0 Å². The van der Waals surface area contributed by atoms with Gasteiger partial charge in [0, 0.05) is 17.6 Å². The van der Waals surface area contributed by atoms with Crippen molar-refractivity contribution < 1.29 is 9.53 Å². The molecule has 27 heavy (non-hydrogen) atoms. The Kier molecular flexibility index (Phi) is 6.24. The first-order valence-corrected chi connectivity index (χ1v) is 10.0. The van der Waals surface area contributed by atoms with E-state index in [1.807, 2.05) is 18.2 Å². The van der Waals surface area contributed by atoms with E-state index in [2.05, 4.69) is 60.1 Å². The van der Waals surface area contributed by atoms with Crippen LogP contribution in [-0.2, 0) is 4.74 Å². The average molecular weight is 381 g/mol. The number of hydrogen-bond acceptors (Lipinski definition) is 5. The summed E-state index contributed by atoms with van der Waals surface area (Å²) in [4.78, 5) is 18.6. The summed E-state index contributed by atoms with van der Waals surface area (Å²) in [6.07, 6.45) is 0. The maximum absolute atomic E-state index is 11.9. The molecule has 0 amide bonds. The number of aromatic nitrogens is 1. The van der Waals surface area contributed by atoms with E-state index in [9.17, 15) is 4.79 Å². The molecule has 0 aliphatic carbocycles. The van der Waals surface area contributed by atoms with Crippen molar-refractivity contribution in [2.75, 3.05) is 18.1 Å². The summed E-state index contributed by atoms with van der Waals surface area (Å²) < 4.78 is 5.06. The predicted molar refractivity (Wildman–Crippen MR) is 112 cm³/mol. The fourth-order valence-corrected chi connectivity index (χ4v) is 3.63. The lowest BCUT2D eigenvalue weighted by atomic mass is 10.1. The highest BCUT2D eigenvalue weighted by Gasteiger charge is 2.18. The van der Waals surface area contributed by atoms with Crippen LogP contribution in [0.25, 0.3) is 11.1 Å². The first kappa shape index (κ1) is 19.1. The zero-order valence-corrected chi connectivity index (χ0v) is 16.7. The van der Waals surface area contributed by atoms with E-state index < -0.39 is 0 Å². The number of carbonyl (C=O) groups is 1. The van der Waals surface area contributed by atoms with Crippen LogP contribution >= 0.6 is 11.3 Å². The van der Waals surface area contributed by atoms with E-state index in [4.69, 9.17) is 4.74 Å². The lowest BCUT2D eigenvalue weighted by molar-refractivity contribution is 0.0520. The smallest absolute Gasteiger partial charge is 0.357 e. The van der Waals surface area contributed by atoms with E-state index in [0.29, 0.717) is 18.2 Å². The Bertz CT molecular complexity index is 873. The zero-order valence-electron chi connectivity index (χ0n) is 15.9. The SMILES string of the molecule is CCOC(=O)c1csc(N(CC(C)C)c2ccc(-c3ccccc3)cc2)n1. The number of nitrogens with zero attached hydrogens (tertiary/aromatic N) is 2. The Morgan fingerprint density at radius 1 is 1.07 bits per heavy atom. The molecule has 3 rings (SSSR count). The largest absolute Gasteiger partial charge is 0.461 e. The van der Waals surface area contributed by atoms with Crippen LogP contribution in [-0.4, -0.2) is 24.1 Å². The Morgan fingerprint density at radius 2 is 1.74 bits per heavy atom. The van der Waals surface area contributed by atoms with Gasteiger partial charge in [-0.2, -0.15) is 0 Å². The molecule has 4 nitrogen and oxygen atoms in total. The Hall–Kier alpha value is -2.66. The molecule has 0 N–H and O–H groups in total. The van der Waals surface area contributed by atoms with Crippen molar-refractivity contribution in [3.8, 4) is 11.1 Å². The van der Waals surface area contributed by atoms with Crippen LogP contribution in [0.2, 0.25) is 0 Å². The first-order chi connectivity index (χ1) is 13.1. The number of thiazole rings is 1. The number of hydrogen-bond donors (Lipinski definition) is 0. The minimum atomic E-state index is -0.371. The van der Waals surface area contributed by atoms with E-state index >= 15 is 0 Å². The monoisotopic (exact) mass is 380 g/mol. The summed E-state index contributed by atoms with van der Waals surface area (Å²) in [6, 6.07) is 18.8. The Labute approximate surface area is 164 Å². The molecule has 0 atom stereocenters. The molecule has 140 valence electrons. The summed E-state index contributed by atoms with van der Waals surface area (Å²) in [5.74, 6) is 0.0812. The highest BCUT2D eigenvalue weighted by Crippen LogP contribution is 2.31. The number of carbonyl (C=O) groups excluding carboxylic acids is 1. The second-order valence-electron chi connectivity index (χ2n) is 6.65. The van der Waals surface area contributed by atoms with Crippen molar-refractivity contribution >= 4 is 28.1 Å². The summed E-state index contributed by atoms with van der Waals surface area (Å²) in [5.41, 5.74) is 3.80. The lowest BCUT2D eigenvalue weighted by Gasteiger charge is -2.24. The number of benzene rings is 2. The third-order valence-corrected chi connectivity index (χ3v) is 4.90. The quantitative estimate of drug-likeness (QED) is 0.487. The molecule has 0 spiro atoms. The molecule has 0 unspecified atom stereocenters. The maximum atomic E-state index is 11.9. The van der Waals surface area contributed by atoms with Crippen molar-refractivity contribution in [2.45, 2.75) is 20.8 Å². The zero-order chi connectivity index (χ0) is 19.2.